The molecule has 2 amide bonds. The third kappa shape index (κ3) is 7.38. The quantitative estimate of drug-likeness (QED) is 0.620. The van der Waals surface area contributed by atoms with Crippen LogP contribution in [-0.4, -0.2) is 36.3 Å². The van der Waals surface area contributed by atoms with Crippen molar-refractivity contribution >= 4 is 41.6 Å². The molecule has 2 aromatic rings. The molecule has 0 spiro atoms. The Labute approximate surface area is 160 Å². The van der Waals surface area contributed by atoms with Gasteiger partial charge in [0.15, 0.2) is 0 Å². The number of hydrogen-bond acceptors (Lipinski definition) is 3. The molecule has 6 heteroatoms. The maximum Gasteiger partial charge on any atom is 0.323 e. The highest BCUT2D eigenvalue weighted by Gasteiger charge is 2.08. The third-order valence-corrected chi connectivity index (χ3v) is 4.78. The van der Waals surface area contributed by atoms with Crippen LogP contribution in [0.1, 0.15) is 13.8 Å². The fourth-order valence-corrected chi connectivity index (χ4v) is 3.35. The number of halogens is 1. The van der Waals surface area contributed by atoms with Gasteiger partial charge >= 0.3 is 6.03 Å². The van der Waals surface area contributed by atoms with E-state index < -0.39 is 0 Å². The van der Waals surface area contributed by atoms with Crippen molar-refractivity contribution in [2.75, 3.05) is 36.0 Å². The number of para-hydroxylation sites is 2. The van der Waals surface area contributed by atoms with E-state index in [0.717, 1.165) is 41.7 Å². The first-order chi connectivity index (χ1) is 11.7. The van der Waals surface area contributed by atoms with E-state index in [0.29, 0.717) is 0 Å². The summed E-state index contributed by atoms with van der Waals surface area (Å²) in [4.78, 5) is 15.7. The first kappa shape index (κ1) is 21.4. The zero-order valence-electron chi connectivity index (χ0n) is 14.7. The SMILES string of the molecule is CCN(CC)CCSc1ccccc1NC(=O)Nc1ccccc1.Cl. The summed E-state index contributed by atoms with van der Waals surface area (Å²) < 4.78 is 0. The summed E-state index contributed by atoms with van der Waals surface area (Å²) in [6, 6.07) is 17.1. The van der Waals surface area contributed by atoms with Gasteiger partial charge in [0, 0.05) is 22.9 Å². The van der Waals surface area contributed by atoms with Crippen LogP contribution in [0.4, 0.5) is 16.2 Å². The van der Waals surface area contributed by atoms with Crippen LogP contribution in [0.15, 0.2) is 59.5 Å². The Bertz CT molecular complexity index is 636. The number of urea groups is 1. The van der Waals surface area contributed by atoms with Gasteiger partial charge in [0.25, 0.3) is 0 Å². The van der Waals surface area contributed by atoms with Gasteiger partial charge in [0.1, 0.15) is 0 Å². The molecule has 0 saturated heterocycles. The lowest BCUT2D eigenvalue weighted by atomic mass is 10.3. The van der Waals surface area contributed by atoms with E-state index in [9.17, 15) is 4.79 Å². The monoisotopic (exact) mass is 379 g/mol. The number of nitrogens with one attached hydrogen (secondary N) is 2. The largest absolute Gasteiger partial charge is 0.323 e. The van der Waals surface area contributed by atoms with Gasteiger partial charge in [-0.2, -0.15) is 0 Å². The molecule has 0 fully saturated rings. The highest BCUT2D eigenvalue weighted by Crippen LogP contribution is 2.27. The maximum atomic E-state index is 12.2. The summed E-state index contributed by atoms with van der Waals surface area (Å²) in [5.74, 6) is 1.00. The van der Waals surface area contributed by atoms with E-state index in [-0.39, 0.29) is 18.4 Å². The van der Waals surface area contributed by atoms with Crippen molar-refractivity contribution in [1.29, 1.82) is 0 Å². The van der Waals surface area contributed by atoms with Crippen LogP contribution in [0.2, 0.25) is 0 Å². The summed E-state index contributed by atoms with van der Waals surface area (Å²) in [7, 11) is 0. The molecule has 25 heavy (non-hydrogen) atoms. The molecule has 0 radical (unpaired) electrons. The van der Waals surface area contributed by atoms with Crippen LogP contribution in [0.25, 0.3) is 0 Å². The summed E-state index contributed by atoms with van der Waals surface area (Å²) >= 11 is 1.77. The molecule has 0 bridgehead atoms. The van der Waals surface area contributed by atoms with Gasteiger partial charge in [-0.25, -0.2) is 4.79 Å². The molecule has 0 aliphatic rings. The number of benzene rings is 2. The molecule has 2 N–H and O–H groups in total. The highest BCUT2D eigenvalue weighted by atomic mass is 35.5. The van der Waals surface area contributed by atoms with Gasteiger partial charge in [-0.3, -0.25) is 0 Å². The molecule has 0 aliphatic heterocycles. The summed E-state index contributed by atoms with van der Waals surface area (Å²) in [6.45, 7) is 7.53. The zero-order valence-corrected chi connectivity index (χ0v) is 16.3. The Kier molecular flexibility index (Phi) is 10.1. The Morgan fingerprint density at radius 1 is 0.960 bits per heavy atom. The Morgan fingerprint density at radius 2 is 1.60 bits per heavy atom. The molecule has 2 aromatic carbocycles. The van der Waals surface area contributed by atoms with E-state index in [1.807, 2.05) is 54.6 Å². The summed E-state index contributed by atoms with van der Waals surface area (Å²) in [6.07, 6.45) is 0. The predicted molar refractivity (Wildman–Crippen MR) is 111 cm³/mol. The lowest BCUT2D eigenvalue weighted by molar-refractivity contribution is 0.262. The number of nitrogens with zero attached hydrogens (tertiary/aromatic N) is 1. The van der Waals surface area contributed by atoms with Crippen LogP contribution in [-0.2, 0) is 0 Å². The fourth-order valence-electron chi connectivity index (χ4n) is 2.33. The number of carbonyl (C=O) groups is 1. The number of rotatable bonds is 8. The van der Waals surface area contributed by atoms with Gasteiger partial charge in [-0.1, -0.05) is 44.2 Å². The fraction of sp³-hybridized carbons (Fsp3) is 0.316. The first-order valence-corrected chi connectivity index (χ1v) is 9.28. The van der Waals surface area contributed by atoms with E-state index in [4.69, 9.17) is 0 Å². The number of amides is 2. The van der Waals surface area contributed by atoms with Gasteiger partial charge in [-0.05, 0) is 37.4 Å². The molecular formula is C19H26ClN3OS. The average molecular weight is 380 g/mol. The topological polar surface area (TPSA) is 44.4 Å². The van der Waals surface area contributed by atoms with E-state index >= 15 is 0 Å². The predicted octanol–water partition coefficient (Wildman–Crippen LogP) is 5.19. The van der Waals surface area contributed by atoms with Gasteiger partial charge in [0.05, 0.1) is 5.69 Å². The second kappa shape index (κ2) is 11.8. The summed E-state index contributed by atoms with van der Waals surface area (Å²) in [5.41, 5.74) is 1.62. The van der Waals surface area contributed by atoms with Gasteiger partial charge < -0.3 is 15.5 Å². The molecule has 0 atom stereocenters. The standard InChI is InChI=1S/C19H25N3OS.ClH/c1-3-22(4-2)14-15-24-18-13-9-8-12-17(18)21-19(23)20-16-10-6-5-7-11-16;/h5-13H,3-4,14-15H2,1-2H3,(H2,20,21,23);1H. The first-order valence-electron chi connectivity index (χ1n) is 8.30. The normalized spacial score (nSPS) is 10.2. The molecule has 4 nitrogen and oxygen atoms in total. The van der Waals surface area contributed by atoms with E-state index in [2.05, 4.69) is 29.4 Å². The second-order valence-electron chi connectivity index (χ2n) is 5.32. The minimum Gasteiger partial charge on any atom is -0.308 e. The molecule has 0 aromatic heterocycles. The number of thioether (sulfide) groups is 1. The highest BCUT2D eigenvalue weighted by molar-refractivity contribution is 7.99. The van der Waals surface area contributed by atoms with Crippen molar-refractivity contribution in [1.82, 2.24) is 4.90 Å². The van der Waals surface area contributed by atoms with Crippen molar-refractivity contribution in [2.24, 2.45) is 0 Å². The lowest BCUT2D eigenvalue weighted by Gasteiger charge is -2.18. The molecule has 0 aliphatic carbocycles. The Morgan fingerprint density at radius 3 is 2.28 bits per heavy atom. The van der Waals surface area contributed by atoms with Crippen LogP contribution >= 0.6 is 24.2 Å². The van der Waals surface area contributed by atoms with E-state index in [1.54, 1.807) is 11.8 Å². The van der Waals surface area contributed by atoms with Crippen molar-refractivity contribution in [2.45, 2.75) is 18.7 Å². The minimum atomic E-state index is -0.224. The number of anilines is 2. The van der Waals surface area contributed by atoms with Crippen molar-refractivity contribution in [3.8, 4) is 0 Å². The van der Waals surface area contributed by atoms with Gasteiger partial charge in [0.2, 0.25) is 0 Å². The minimum absolute atomic E-state index is 0. The van der Waals surface area contributed by atoms with Crippen LogP contribution in [0, 0.1) is 0 Å². The molecule has 0 saturated carbocycles. The second-order valence-corrected chi connectivity index (χ2v) is 6.45. The Hall–Kier alpha value is -1.69. The van der Waals surface area contributed by atoms with Gasteiger partial charge in [-0.15, -0.1) is 24.2 Å². The smallest absolute Gasteiger partial charge is 0.308 e. The molecule has 0 unspecified atom stereocenters. The zero-order chi connectivity index (χ0) is 17.2. The van der Waals surface area contributed by atoms with Crippen LogP contribution in [0.5, 0.6) is 0 Å². The lowest BCUT2D eigenvalue weighted by Crippen LogP contribution is -2.25. The molecule has 136 valence electrons. The molecule has 2 rings (SSSR count). The van der Waals surface area contributed by atoms with Crippen LogP contribution in [0.3, 0.4) is 0 Å². The third-order valence-electron chi connectivity index (χ3n) is 3.73. The number of hydrogen-bond donors (Lipinski definition) is 2. The Balaban J connectivity index is 0.00000312. The maximum absolute atomic E-state index is 12.2. The number of carbonyl (C=O) groups excluding carboxylic acids is 1. The van der Waals surface area contributed by atoms with Crippen molar-refractivity contribution in [3.63, 3.8) is 0 Å². The van der Waals surface area contributed by atoms with Crippen molar-refractivity contribution < 1.29 is 4.79 Å². The van der Waals surface area contributed by atoms with E-state index in [1.165, 1.54) is 0 Å². The van der Waals surface area contributed by atoms with Crippen molar-refractivity contribution in [3.05, 3.63) is 54.6 Å². The average Bonchev–Trinajstić information content (AvgIpc) is 2.61. The molecule has 0 heterocycles. The summed E-state index contributed by atoms with van der Waals surface area (Å²) in [5, 5.41) is 5.78. The van der Waals surface area contributed by atoms with Crippen LogP contribution < -0.4 is 10.6 Å². The molecular weight excluding hydrogens is 354 g/mol.